The lowest BCUT2D eigenvalue weighted by atomic mass is 9.87. The summed E-state index contributed by atoms with van der Waals surface area (Å²) in [5.41, 5.74) is 0.300. The van der Waals surface area contributed by atoms with Crippen LogP contribution in [-0.4, -0.2) is 19.4 Å². The molecule has 1 aliphatic carbocycles. The molecule has 1 aromatic carbocycles. The molecule has 0 bridgehead atoms. The second kappa shape index (κ2) is 6.11. The van der Waals surface area contributed by atoms with Crippen LogP contribution in [0.15, 0.2) is 23.1 Å². The number of non-ortho nitro benzene ring substituents is 1. The number of benzene rings is 1. The number of aryl methyl sites for hydroxylation is 1. The third-order valence-corrected chi connectivity index (χ3v) is 5.72. The maximum absolute atomic E-state index is 12.5. The Morgan fingerprint density at radius 1 is 1.29 bits per heavy atom. The van der Waals surface area contributed by atoms with E-state index < -0.39 is 14.9 Å². The average Bonchev–Trinajstić information content (AvgIpc) is 2.41. The van der Waals surface area contributed by atoms with Crippen molar-refractivity contribution in [3.05, 3.63) is 33.9 Å². The standard InChI is InChI=1S/C14H20N2O4S/c1-10-5-3-4-6-13(10)15-21(19,20)14-9-12(16(17)18)8-7-11(14)2/h7-10,13,15H,3-6H2,1-2H3/t10-,13-/m0/s1. The van der Waals surface area contributed by atoms with Crippen molar-refractivity contribution >= 4 is 15.7 Å². The summed E-state index contributed by atoms with van der Waals surface area (Å²) < 4.78 is 27.7. The number of nitro benzene ring substituents is 1. The maximum atomic E-state index is 12.5. The van der Waals surface area contributed by atoms with E-state index in [1.807, 2.05) is 6.92 Å². The van der Waals surface area contributed by atoms with Gasteiger partial charge in [-0.3, -0.25) is 10.1 Å². The van der Waals surface area contributed by atoms with Crippen LogP contribution in [0.25, 0.3) is 0 Å². The van der Waals surface area contributed by atoms with Crippen LogP contribution in [0.1, 0.15) is 38.2 Å². The summed E-state index contributed by atoms with van der Waals surface area (Å²) in [6.45, 7) is 3.68. The molecule has 2 rings (SSSR count). The molecule has 0 aromatic heterocycles. The summed E-state index contributed by atoms with van der Waals surface area (Å²) in [7, 11) is -3.73. The van der Waals surface area contributed by atoms with E-state index in [0.717, 1.165) is 31.7 Å². The Kier molecular flexibility index (Phi) is 4.63. The summed E-state index contributed by atoms with van der Waals surface area (Å²) in [4.78, 5) is 10.2. The number of nitrogens with one attached hydrogen (secondary N) is 1. The summed E-state index contributed by atoms with van der Waals surface area (Å²) in [6, 6.07) is 3.82. The molecule has 1 aromatic rings. The van der Waals surface area contributed by atoms with E-state index in [1.165, 1.54) is 12.1 Å². The number of rotatable bonds is 4. The van der Waals surface area contributed by atoms with Crippen molar-refractivity contribution < 1.29 is 13.3 Å². The molecule has 0 spiro atoms. The normalized spacial score (nSPS) is 23.0. The Morgan fingerprint density at radius 2 is 1.95 bits per heavy atom. The van der Waals surface area contributed by atoms with Gasteiger partial charge in [0.15, 0.2) is 0 Å². The lowest BCUT2D eigenvalue weighted by molar-refractivity contribution is -0.385. The third-order valence-electron chi connectivity index (χ3n) is 4.09. The zero-order valence-electron chi connectivity index (χ0n) is 12.2. The minimum atomic E-state index is -3.73. The number of nitro groups is 1. The van der Waals surface area contributed by atoms with Gasteiger partial charge in [0.25, 0.3) is 5.69 Å². The summed E-state index contributed by atoms with van der Waals surface area (Å²) in [5, 5.41) is 10.8. The molecule has 0 amide bonds. The number of nitrogens with zero attached hydrogens (tertiary/aromatic N) is 1. The lowest BCUT2D eigenvalue weighted by Gasteiger charge is -2.29. The quantitative estimate of drug-likeness (QED) is 0.684. The summed E-state index contributed by atoms with van der Waals surface area (Å²) >= 11 is 0. The van der Waals surface area contributed by atoms with Gasteiger partial charge in [-0.1, -0.05) is 25.8 Å². The van der Waals surface area contributed by atoms with Gasteiger partial charge in [-0.15, -0.1) is 0 Å². The first-order valence-corrected chi connectivity index (χ1v) is 8.57. The van der Waals surface area contributed by atoms with Crippen molar-refractivity contribution in [3.8, 4) is 0 Å². The molecule has 0 heterocycles. The van der Waals surface area contributed by atoms with E-state index in [4.69, 9.17) is 0 Å². The largest absolute Gasteiger partial charge is 0.270 e. The fourth-order valence-electron chi connectivity index (χ4n) is 2.75. The van der Waals surface area contributed by atoms with Gasteiger partial charge in [0.05, 0.1) is 9.82 Å². The Bertz CT molecular complexity index is 642. The molecule has 0 radical (unpaired) electrons. The third kappa shape index (κ3) is 3.59. The molecule has 1 aliphatic rings. The Morgan fingerprint density at radius 3 is 2.57 bits per heavy atom. The molecule has 1 N–H and O–H groups in total. The van der Waals surface area contributed by atoms with Crippen LogP contribution >= 0.6 is 0 Å². The topological polar surface area (TPSA) is 89.3 Å². The lowest BCUT2D eigenvalue weighted by Crippen LogP contribution is -2.41. The van der Waals surface area contributed by atoms with Gasteiger partial charge >= 0.3 is 0 Å². The highest BCUT2D eigenvalue weighted by atomic mass is 32.2. The first-order chi connectivity index (χ1) is 9.81. The van der Waals surface area contributed by atoms with E-state index >= 15 is 0 Å². The second-order valence-corrected chi connectivity index (χ2v) is 7.38. The number of hydrogen-bond donors (Lipinski definition) is 1. The number of hydrogen-bond acceptors (Lipinski definition) is 4. The van der Waals surface area contributed by atoms with Crippen molar-refractivity contribution in [2.75, 3.05) is 0 Å². The van der Waals surface area contributed by atoms with Crippen molar-refractivity contribution in [3.63, 3.8) is 0 Å². The van der Waals surface area contributed by atoms with Crippen LogP contribution in [0.3, 0.4) is 0 Å². The highest BCUT2D eigenvalue weighted by Gasteiger charge is 2.28. The maximum Gasteiger partial charge on any atom is 0.270 e. The Balaban J connectivity index is 2.30. The predicted molar refractivity (Wildman–Crippen MR) is 79.6 cm³/mol. The Labute approximate surface area is 124 Å². The van der Waals surface area contributed by atoms with E-state index in [1.54, 1.807) is 6.92 Å². The van der Waals surface area contributed by atoms with Crippen LogP contribution < -0.4 is 4.72 Å². The molecule has 0 aliphatic heterocycles. The van der Waals surface area contributed by atoms with E-state index in [9.17, 15) is 18.5 Å². The van der Waals surface area contributed by atoms with Crippen LogP contribution in [0, 0.1) is 23.0 Å². The molecule has 116 valence electrons. The van der Waals surface area contributed by atoms with Crippen LogP contribution in [0.2, 0.25) is 0 Å². The van der Waals surface area contributed by atoms with Gasteiger partial charge in [-0.25, -0.2) is 13.1 Å². The monoisotopic (exact) mass is 312 g/mol. The van der Waals surface area contributed by atoms with Crippen LogP contribution in [0.4, 0.5) is 5.69 Å². The SMILES string of the molecule is Cc1ccc([N+](=O)[O-])cc1S(=O)(=O)N[C@H]1CCCC[C@@H]1C. The Hall–Kier alpha value is -1.47. The summed E-state index contributed by atoms with van der Waals surface area (Å²) in [6.07, 6.45) is 3.94. The zero-order valence-corrected chi connectivity index (χ0v) is 13.0. The van der Waals surface area contributed by atoms with Crippen molar-refractivity contribution in [1.29, 1.82) is 0 Å². The molecule has 7 heteroatoms. The summed E-state index contributed by atoms with van der Waals surface area (Å²) in [5.74, 6) is 0.285. The average molecular weight is 312 g/mol. The minimum Gasteiger partial charge on any atom is -0.258 e. The fraction of sp³-hybridized carbons (Fsp3) is 0.571. The van der Waals surface area contributed by atoms with Gasteiger partial charge in [0, 0.05) is 18.2 Å². The predicted octanol–water partition coefficient (Wildman–Crippen LogP) is 2.76. The van der Waals surface area contributed by atoms with Crippen LogP contribution in [0.5, 0.6) is 0 Å². The molecule has 21 heavy (non-hydrogen) atoms. The molecular weight excluding hydrogens is 292 g/mol. The molecule has 6 nitrogen and oxygen atoms in total. The first-order valence-electron chi connectivity index (χ1n) is 7.08. The molecule has 1 fully saturated rings. The molecular formula is C14H20N2O4S. The smallest absolute Gasteiger partial charge is 0.258 e. The zero-order chi connectivity index (χ0) is 15.6. The molecule has 1 saturated carbocycles. The highest BCUT2D eigenvalue weighted by molar-refractivity contribution is 7.89. The van der Waals surface area contributed by atoms with Gasteiger partial charge in [-0.05, 0) is 31.2 Å². The molecule has 0 unspecified atom stereocenters. The van der Waals surface area contributed by atoms with E-state index in [0.29, 0.717) is 5.56 Å². The van der Waals surface area contributed by atoms with Crippen LogP contribution in [-0.2, 0) is 10.0 Å². The van der Waals surface area contributed by atoms with Gasteiger partial charge in [0.2, 0.25) is 10.0 Å². The minimum absolute atomic E-state index is 0.00512. The van der Waals surface area contributed by atoms with Gasteiger partial charge in [-0.2, -0.15) is 0 Å². The van der Waals surface area contributed by atoms with E-state index in [2.05, 4.69) is 4.72 Å². The van der Waals surface area contributed by atoms with Crippen molar-refractivity contribution in [2.45, 2.75) is 50.5 Å². The van der Waals surface area contributed by atoms with Gasteiger partial charge in [0.1, 0.15) is 0 Å². The fourth-order valence-corrected chi connectivity index (χ4v) is 4.39. The van der Waals surface area contributed by atoms with Crippen molar-refractivity contribution in [1.82, 2.24) is 4.72 Å². The molecule has 0 saturated heterocycles. The van der Waals surface area contributed by atoms with Crippen molar-refractivity contribution in [2.24, 2.45) is 5.92 Å². The molecule has 2 atom stereocenters. The van der Waals surface area contributed by atoms with Gasteiger partial charge < -0.3 is 0 Å². The highest BCUT2D eigenvalue weighted by Crippen LogP contribution is 2.27. The van der Waals surface area contributed by atoms with E-state index in [-0.39, 0.29) is 22.5 Å². The number of sulfonamides is 1. The second-order valence-electron chi connectivity index (χ2n) is 5.70. The first kappa shape index (κ1) is 15.9.